The molecule has 0 amide bonds. The van der Waals surface area contributed by atoms with Crippen molar-refractivity contribution >= 4 is 32.4 Å². The second kappa shape index (κ2) is 4.44. The Hall–Kier alpha value is -0.700. The van der Waals surface area contributed by atoms with E-state index >= 15 is 0 Å². The summed E-state index contributed by atoms with van der Waals surface area (Å²) in [6.45, 7) is 1.87. The molecule has 0 heterocycles. The zero-order chi connectivity index (χ0) is 11.6. The van der Waals surface area contributed by atoms with E-state index in [0.717, 1.165) is 5.56 Å². The molecule has 0 aliphatic heterocycles. The summed E-state index contributed by atoms with van der Waals surface area (Å²) in [5.41, 5.74) is 0.767. The Bertz CT molecular complexity index is 532. The number of benzene rings is 1. The number of nitriles is 1. The van der Waals surface area contributed by atoms with Gasteiger partial charge in [-0.3, -0.25) is 0 Å². The third-order valence-corrected chi connectivity index (χ3v) is 3.62. The summed E-state index contributed by atoms with van der Waals surface area (Å²) in [4.78, 5) is 0.159. The summed E-state index contributed by atoms with van der Waals surface area (Å²) >= 11 is 4.06. The zero-order valence-electron chi connectivity index (χ0n) is 7.86. The molecule has 0 bridgehead atoms. The largest absolute Gasteiger partial charge is 0.262 e. The topological polar surface area (TPSA) is 57.9 Å². The van der Waals surface area contributed by atoms with Gasteiger partial charge in [0.2, 0.25) is 0 Å². The lowest BCUT2D eigenvalue weighted by Gasteiger charge is -2.05. The number of thiol groups is 1. The van der Waals surface area contributed by atoms with E-state index in [-0.39, 0.29) is 10.5 Å². The third kappa shape index (κ3) is 2.65. The molecule has 0 saturated heterocycles. The van der Waals surface area contributed by atoms with E-state index in [1.165, 1.54) is 6.07 Å². The number of hydrogen-bond donors (Lipinski definition) is 1. The number of nitrogens with zero attached hydrogens (tertiary/aromatic N) is 1. The molecular formula is C9H8ClNO2S2. The Morgan fingerprint density at radius 1 is 1.53 bits per heavy atom. The summed E-state index contributed by atoms with van der Waals surface area (Å²) in [5, 5.41) is 8.80. The molecular weight excluding hydrogens is 254 g/mol. The molecule has 15 heavy (non-hydrogen) atoms. The van der Waals surface area contributed by atoms with Crippen molar-refractivity contribution in [3.05, 3.63) is 23.3 Å². The molecule has 0 unspecified atom stereocenters. The van der Waals surface area contributed by atoms with Gasteiger partial charge in [-0.15, -0.1) is 12.6 Å². The van der Waals surface area contributed by atoms with E-state index in [4.69, 9.17) is 15.9 Å². The van der Waals surface area contributed by atoms with E-state index < -0.39 is 9.05 Å². The van der Waals surface area contributed by atoms with Crippen LogP contribution >= 0.6 is 23.3 Å². The maximum atomic E-state index is 11.2. The van der Waals surface area contributed by atoms with Crippen LogP contribution in [0.3, 0.4) is 0 Å². The van der Waals surface area contributed by atoms with Crippen molar-refractivity contribution in [2.75, 3.05) is 0 Å². The van der Waals surface area contributed by atoms with Crippen molar-refractivity contribution in [1.82, 2.24) is 0 Å². The summed E-state index contributed by atoms with van der Waals surface area (Å²) in [5.74, 6) is 0. The van der Waals surface area contributed by atoms with E-state index in [9.17, 15) is 8.42 Å². The Kier molecular flexibility index (Phi) is 3.66. The first-order valence-electron chi connectivity index (χ1n) is 4.10. The lowest BCUT2D eigenvalue weighted by molar-refractivity contribution is 0.609. The molecule has 0 aromatic heterocycles. The first-order chi connectivity index (χ1) is 6.90. The van der Waals surface area contributed by atoms with Crippen LogP contribution in [0, 0.1) is 11.3 Å². The summed E-state index contributed by atoms with van der Waals surface area (Å²) in [7, 11) is 1.33. The van der Waals surface area contributed by atoms with Gasteiger partial charge in [0.05, 0.1) is 5.56 Å². The Balaban J connectivity index is 3.63. The van der Waals surface area contributed by atoms with Crippen LogP contribution in [-0.4, -0.2) is 8.42 Å². The maximum Gasteiger partial charge on any atom is 0.262 e. The van der Waals surface area contributed by atoms with Crippen LogP contribution in [0.2, 0.25) is 0 Å². The molecule has 1 rings (SSSR count). The highest BCUT2D eigenvalue weighted by Crippen LogP contribution is 2.26. The number of halogens is 1. The predicted octanol–water partition coefficient (Wildman–Crippen LogP) is 2.34. The van der Waals surface area contributed by atoms with Crippen molar-refractivity contribution in [2.24, 2.45) is 0 Å². The SMILES string of the molecule is CCc1cc(S)c(C#N)c(S(=O)(=O)Cl)c1. The van der Waals surface area contributed by atoms with Crippen LogP contribution < -0.4 is 0 Å². The monoisotopic (exact) mass is 261 g/mol. The number of hydrogen-bond acceptors (Lipinski definition) is 4. The third-order valence-electron chi connectivity index (χ3n) is 1.92. The van der Waals surface area contributed by atoms with Crippen LogP contribution in [0.25, 0.3) is 0 Å². The van der Waals surface area contributed by atoms with Gasteiger partial charge >= 0.3 is 0 Å². The minimum absolute atomic E-state index is 0.00877. The minimum atomic E-state index is -3.90. The van der Waals surface area contributed by atoms with E-state index in [2.05, 4.69) is 12.6 Å². The Morgan fingerprint density at radius 2 is 2.13 bits per heavy atom. The summed E-state index contributed by atoms with van der Waals surface area (Å²) < 4.78 is 22.4. The van der Waals surface area contributed by atoms with Crippen LogP contribution in [0.1, 0.15) is 18.1 Å². The Morgan fingerprint density at radius 3 is 2.53 bits per heavy atom. The van der Waals surface area contributed by atoms with Crippen molar-refractivity contribution in [3.8, 4) is 6.07 Å². The summed E-state index contributed by atoms with van der Waals surface area (Å²) in [6, 6.07) is 4.85. The average Bonchev–Trinajstić information content (AvgIpc) is 2.15. The van der Waals surface area contributed by atoms with Crippen LogP contribution in [0.15, 0.2) is 21.9 Å². The highest BCUT2D eigenvalue weighted by atomic mass is 35.7. The molecule has 0 N–H and O–H groups in total. The van der Waals surface area contributed by atoms with Gasteiger partial charge in [0.25, 0.3) is 9.05 Å². The predicted molar refractivity (Wildman–Crippen MR) is 60.8 cm³/mol. The fraction of sp³-hybridized carbons (Fsp3) is 0.222. The first-order valence-corrected chi connectivity index (χ1v) is 6.86. The van der Waals surface area contributed by atoms with E-state index in [1.54, 1.807) is 12.1 Å². The molecule has 0 spiro atoms. The normalized spacial score (nSPS) is 11.1. The second-order valence-corrected chi connectivity index (χ2v) is 5.91. The minimum Gasteiger partial charge on any atom is -0.207 e. The van der Waals surface area contributed by atoms with Gasteiger partial charge in [-0.05, 0) is 24.1 Å². The summed E-state index contributed by atoms with van der Waals surface area (Å²) in [6.07, 6.45) is 0.651. The van der Waals surface area contributed by atoms with Gasteiger partial charge in [-0.1, -0.05) is 6.92 Å². The molecule has 0 atom stereocenters. The van der Waals surface area contributed by atoms with Gasteiger partial charge in [0.1, 0.15) is 11.0 Å². The van der Waals surface area contributed by atoms with Gasteiger partial charge in [-0.25, -0.2) is 8.42 Å². The fourth-order valence-electron chi connectivity index (χ4n) is 1.17. The molecule has 80 valence electrons. The molecule has 1 aromatic carbocycles. The van der Waals surface area contributed by atoms with Gasteiger partial charge in [0, 0.05) is 15.6 Å². The van der Waals surface area contributed by atoms with Crippen molar-refractivity contribution in [2.45, 2.75) is 23.1 Å². The molecule has 3 nitrogen and oxygen atoms in total. The van der Waals surface area contributed by atoms with Crippen LogP contribution in [0.5, 0.6) is 0 Å². The smallest absolute Gasteiger partial charge is 0.207 e. The van der Waals surface area contributed by atoms with E-state index in [0.29, 0.717) is 11.3 Å². The van der Waals surface area contributed by atoms with Crippen molar-refractivity contribution in [3.63, 3.8) is 0 Å². The maximum absolute atomic E-state index is 11.2. The lowest BCUT2D eigenvalue weighted by Crippen LogP contribution is -1.98. The molecule has 6 heteroatoms. The highest BCUT2D eigenvalue weighted by molar-refractivity contribution is 8.13. The number of aryl methyl sites for hydroxylation is 1. The standard InChI is InChI=1S/C9H8ClNO2S2/c1-2-6-3-8(14)7(5-11)9(4-6)15(10,12)13/h3-4,14H,2H2,1H3. The van der Waals surface area contributed by atoms with Gasteiger partial charge < -0.3 is 0 Å². The molecule has 0 aliphatic rings. The molecule has 0 aliphatic carbocycles. The first kappa shape index (κ1) is 12.4. The highest BCUT2D eigenvalue weighted by Gasteiger charge is 2.18. The molecule has 1 aromatic rings. The van der Waals surface area contributed by atoms with Gasteiger partial charge in [-0.2, -0.15) is 5.26 Å². The second-order valence-electron chi connectivity index (χ2n) is 2.89. The quantitative estimate of drug-likeness (QED) is 0.657. The van der Waals surface area contributed by atoms with Gasteiger partial charge in [0.15, 0.2) is 0 Å². The average molecular weight is 262 g/mol. The molecule has 0 fully saturated rings. The van der Waals surface area contributed by atoms with Crippen molar-refractivity contribution < 1.29 is 8.42 Å². The van der Waals surface area contributed by atoms with E-state index in [1.807, 2.05) is 6.92 Å². The van der Waals surface area contributed by atoms with Crippen LogP contribution in [0.4, 0.5) is 0 Å². The number of rotatable bonds is 2. The lowest BCUT2D eigenvalue weighted by atomic mass is 10.1. The fourth-order valence-corrected chi connectivity index (χ4v) is 2.63. The molecule has 0 radical (unpaired) electrons. The molecule has 0 saturated carbocycles. The van der Waals surface area contributed by atoms with Crippen LogP contribution in [-0.2, 0) is 15.5 Å². The zero-order valence-corrected chi connectivity index (χ0v) is 10.3. The Labute approximate surface area is 98.5 Å². The van der Waals surface area contributed by atoms with Crippen molar-refractivity contribution in [1.29, 1.82) is 5.26 Å².